The van der Waals surface area contributed by atoms with Crippen LogP contribution < -0.4 is 10.5 Å². The molecule has 0 aromatic heterocycles. The molecule has 16 heavy (non-hydrogen) atoms. The summed E-state index contributed by atoms with van der Waals surface area (Å²) < 4.78 is 42.2. The molecule has 0 heterocycles. The van der Waals surface area contributed by atoms with Gasteiger partial charge in [-0.15, -0.1) is 0 Å². The first kappa shape index (κ1) is 12.8. The average Bonchev–Trinajstić information content (AvgIpc) is 2.18. The zero-order chi connectivity index (χ0) is 12.3. The Morgan fingerprint density at radius 3 is 2.44 bits per heavy atom. The number of halogens is 3. The average molecular weight is 233 g/mol. The molecule has 2 nitrogen and oxygen atoms in total. The molecule has 90 valence electrons. The second-order valence-corrected chi connectivity index (χ2v) is 3.58. The quantitative estimate of drug-likeness (QED) is 0.870. The molecule has 5 heteroatoms. The molecule has 0 saturated carbocycles. The van der Waals surface area contributed by atoms with Gasteiger partial charge in [0.05, 0.1) is 0 Å². The van der Waals surface area contributed by atoms with Crippen LogP contribution in [0.1, 0.15) is 11.1 Å². The lowest BCUT2D eigenvalue weighted by Crippen LogP contribution is -2.40. The smallest absolute Gasteiger partial charge is 0.426 e. The van der Waals surface area contributed by atoms with Gasteiger partial charge in [0, 0.05) is 6.54 Å². The summed E-state index contributed by atoms with van der Waals surface area (Å²) in [7, 11) is 0. The fraction of sp³-hybridized carbons (Fsp3) is 0.455. The summed E-state index contributed by atoms with van der Waals surface area (Å²) in [5.74, 6) is 0.229. The summed E-state index contributed by atoms with van der Waals surface area (Å²) >= 11 is 0. The minimum atomic E-state index is -4.44. The third kappa shape index (κ3) is 2.88. The molecule has 0 radical (unpaired) electrons. The Kier molecular flexibility index (Phi) is 3.80. The Morgan fingerprint density at radius 2 is 1.94 bits per heavy atom. The van der Waals surface area contributed by atoms with Gasteiger partial charge in [-0.1, -0.05) is 12.1 Å². The maximum Gasteiger partial charge on any atom is 0.426 e. The van der Waals surface area contributed by atoms with Crippen molar-refractivity contribution in [1.82, 2.24) is 0 Å². The molecule has 0 saturated heterocycles. The highest BCUT2D eigenvalue weighted by Crippen LogP contribution is 2.27. The van der Waals surface area contributed by atoms with E-state index < -0.39 is 18.8 Å². The summed E-state index contributed by atoms with van der Waals surface area (Å²) in [5, 5.41) is 0. The van der Waals surface area contributed by atoms with Gasteiger partial charge in [0.25, 0.3) is 0 Å². The first-order chi connectivity index (χ1) is 7.36. The monoisotopic (exact) mass is 233 g/mol. The Hall–Kier alpha value is -1.23. The van der Waals surface area contributed by atoms with E-state index in [-0.39, 0.29) is 5.75 Å². The molecule has 0 bridgehead atoms. The summed E-state index contributed by atoms with van der Waals surface area (Å²) in [5.41, 5.74) is 6.63. The van der Waals surface area contributed by atoms with E-state index in [9.17, 15) is 13.2 Å². The molecule has 0 aliphatic heterocycles. The number of hydrogen-bond acceptors (Lipinski definition) is 2. The molecule has 1 aromatic carbocycles. The molecule has 0 fully saturated rings. The molecule has 0 aliphatic rings. The van der Waals surface area contributed by atoms with Crippen molar-refractivity contribution in [2.75, 3.05) is 6.54 Å². The van der Waals surface area contributed by atoms with Crippen molar-refractivity contribution in [1.29, 1.82) is 0 Å². The Morgan fingerprint density at radius 1 is 1.31 bits per heavy atom. The number of benzene rings is 1. The van der Waals surface area contributed by atoms with Crippen molar-refractivity contribution in [3.05, 3.63) is 29.3 Å². The highest BCUT2D eigenvalue weighted by molar-refractivity contribution is 5.38. The maximum absolute atomic E-state index is 12.4. The third-order valence-corrected chi connectivity index (χ3v) is 2.40. The van der Waals surface area contributed by atoms with E-state index in [4.69, 9.17) is 10.5 Å². The van der Waals surface area contributed by atoms with Crippen LogP contribution in [0.3, 0.4) is 0 Å². The lowest BCUT2D eigenvalue weighted by atomic mass is 10.1. The SMILES string of the molecule is Cc1cccc(OC(CN)C(F)(F)F)c1C. The van der Waals surface area contributed by atoms with E-state index in [1.165, 1.54) is 6.07 Å². The highest BCUT2D eigenvalue weighted by Gasteiger charge is 2.40. The van der Waals surface area contributed by atoms with Crippen LogP contribution in [-0.4, -0.2) is 18.8 Å². The number of ether oxygens (including phenoxy) is 1. The normalized spacial score (nSPS) is 13.6. The molecule has 1 rings (SSSR count). The van der Waals surface area contributed by atoms with Crippen LogP contribution in [0.25, 0.3) is 0 Å². The van der Waals surface area contributed by atoms with Crippen molar-refractivity contribution in [2.45, 2.75) is 26.1 Å². The van der Waals surface area contributed by atoms with Crippen molar-refractivity contribution in [3.8, 4) is 5.75 Å². The first-order valence-electron chi connectivity index (χ1n) is 4.86. The molecular weight excluding hydrogens is 219 g/mol. The molecular formula is C11H14F3NO. The van der Waals surface area contributed by atoms with E-state index in [2.05, 4.69) is 0 Å². The second kappa shape index (κ2) is 4.74. The Balaban J connectivity index is 2.91. The fourth-order valence-corrected chi connectivity index (χ4v) is 1.25. The van der Waals surface area contributed by atoms with Crippen LogP contribution in [0.15, 0.2) is 18.2 Å². The van der Waals surface area contributed by atoms with Crippen LogP contribution in [-0.2, 0) is 0 Å². The molecule has 2 N–H and O–H groups in total. The van der Waals surface area contributed by atoms with E-state index in [1.807, 2.05) is 13.0 Å². The molecule has 0 aliphatic carbocycles. The van der Waals surface area contributed by atoms with Crippen molar-refractivity contribution >= 4 is 0 Å². The Bertz CT molecular complexity index is 363. The van der Waals surface area contributed by atoms with E-state index >= 15 is 0 Å². The van der Waals surface area contributed by atoms with Gasteiger partial charge in [-0.3, -0.25) is 0 Å². The van der Waals surface area contributed by atoms with Gasteiger partial charge in [-0.2, -0.15) is 13.2 Å². The summed E-state index contributed by atoms with van der Waals surface area (Å²) in [4.78, 5) is 0. The van der Waals surface area contributed by atoms with E-state index in [1.54, 1.807) is 13.0 Å². The molecule has 1 aromatic rings. The largest absolute Gasteiger partial charge is 0.479 e. The zero-order valence-electron chi connectivity index (χ0n) is 9.14. The van der Waals surface area contributed by atoms with Crippen LogP contribution >= 0.6 is 0 Å². The third-order valence-electron chi connectivity index (χ3n) is 2.40. The number of rotatable bonds is 3. The van der Waals surface area contributed by atoms with Gasteiger partial charge in [-0.25, -0.2) is 0 Å². The topological polar surface area (TPSA) is 35.2 Å². The lowest BCUT2D eigenvalue weighted by molar-refractivity contribution is -0.191. The summed E-state index contributed by atoms with van der Waals surface area (Å²) in [6.45, 7) is 2.94. The maximum atomic E-state index is 12.4. The lowest BCUT2D eigenvalue weighted by Gasteiger charge is -2.21. The minimum absolute atomic E-state index is 0.229. The first-order valence-corrected chi connectivity index (χ1v) is 4.86. The van der Waals surface area contributed by atoms with E-state index in [0.29, 0.717) is 5.56 Å². The summed E-state index contributed by atoms with van der Waals surface area (Å²) in [6.07, 6.45) is -6.39. The van der Waals surface area contributed by atoms with Crippen LogP contribution in [0.2, 0.25) is 0 Å². The zero-order valence-corrected chi connectivity index (χ0v) is 9.14. The van der Waals surface area contributed by atoms with Crippen molar-refractivity contribution in [2.24, 2.45) is 5.73 Å². The number of hydrogen-bond donors (Lipinski definition) is 1. The molecule has 0 spiro atoms. The minimum Gasteiger partial charge on any atom is -0.479 e. The fourth-order valence-electron chi connectivity index (χ4n) is 1.25. The summed E-state index contributed by atoms with van der Waals surface area (Å²) in [6, 6.07) is 4.98. The standard InChI is InChI=1S/C11H14F3NO/c1-7-4-3-5-9(8(7)2)16-10(6-15)11(12,13)14/h3-5,10H,6,15H2,1-2H3. The molecule has 1 unspecified atom stereocenters. The predicted octanol–water partition coefficient (Wildman–Crippen LogP) is 2.57. The number of aryl methyl sites for hydroxylation is 1. The van der Waals surface area contributed by atoms with Crippen LogP contribution in [0, 0.1) is 13.8 Å². The van der Waals surface area contributed by atoms with Gasteiger partial charge in [0.1, 0.15) is 5.75 Å². The number of alkyl halides is 3. The van der Waals surface area contributed by atoms with Crippen LogP contribution in [0.5, 0.6) is 5.75 Å². The van der Waals surface area contributed by atoms with Crippen molar-refractivity contribution < 1.29 is 17.9 Å². The van der Waals surface area contributed by atoms with Gasteiger partial charge in [0.2, 0.25) is 6.10 Å². The van der Waals surface area contributed by atoms with E-state index in [0.717, 1.165) is 5.56 Å². The van der Waals surface area contributed by atoms with Gasteiger partial charge >= 0.3 is 6.18 Å². The number of nitrogens with two attached hydrogens (primary N) is 1. The van der Waals surface area contributed by atoms with Gasteiger partial charge in [0.15, 0.2) is 0 Å². The van der Waals surface area contributed by atoms with Gasteiger partial charge in [-0.05, 0) is 31.0 Å². The van der Waals surface area contributed by atoms with Gasteiger partial charge < -0.3 is 10.5 Å². The second-order valence-electron chi connectivity index (χ2n) is 3.58. The molecule has 0 amide bonds. The Labute approximate surface area is 92.2 Å². The van der Waals surface area contributed by atoms with Crippen LogP contribution in [0.4, 0.5) is 13.2 Å². The predicted molar refractivity (Wildman–Crippen MR) is 55.4 cm³/mol. The highest BCUT2D eigenvalue weighted by atomic mass is 19.4. The molecule has 1 atom stereocenters. The van der Waals surface area contributed by atoms with Crippen molar-refractivity contribution in [3.63, 3.8) is 0 Å².